The van der Waals surface area contributed by atoms with Crippen molar-refractivity contribution in [1.29, 1.82) is 0 Å². The Morgan fingerprint density at radius 3 is 2.72 bits per heavy atom. The van der Waals surface area contributed by atoms with E-state index in [1.165, 1.54) is 18.3 Å². The Labute approximate surface area is 140 Å². The van der Waals surface area contributed by atoms with E-state index < -0.39 is 29.9 Å². The Balaban J connectivity index is 2.17. The predicted molar refractivity (Wildman–Crippen MR) is 72.7 cm³/mol. The number of hydrogen-bond donors (Lipinski definition) is 1. The van der Waals surface area contributed by atoms with E-state index in [1.54, 1.807) is 0 Å². The van der Waals surface area contributed by atoms with Crippen LogP contribution in [0.25, 0.3) is 11.6 Å². The van der Waals surface area contributed by atoms with Gasteiger partial charge in [-0.25, -0.2) is 9.78 Å². The molecule has 3 heterocycles. The maximum atomic E-state index is 12.9. The minimum absolute atomic E-state index is 0.0557. The minimum Gasteiger partial charge on any atom is -0.449 e. The van der Waals surface area contributed by atoms with Crippen molar-refractivity contribution in [3.63, 3.8) is 0 Å². The average Bonchev–Trinajstić information content (AvgIpc) is 3.13. The van der Waals surface area contributed by atoms with Gasteiger partial charge in [0.1, 0.15) is 0 Å². The van der Waals surface area contributed by atoms with Gasteiger partial charge in [0, 0.05) is 12.3 Å². The van der Waals surface area contributed by atoms with E-state index in [1.807, 2.05) is 0 Å². The molecule has 1 N–H and O–H groups in total. The molecule has 130 valence electrons. The topological polar surface area (TPSA) is 121 Å². The fourth-order valence-electron chi connectivity index (χ4n) is 1.82. The highest BCUT2D eigenvalue weighted by Crippen LogP contribution is 2.30. The summed E-state index contributed by atoms with van der Waals surface area (Å²) in [6, 6.07) is 3.82. The van der Waals surface area contributed by atoms with Crippen molar-refractivity contribution in [2.24, 2.45) is 0 Å². The summed E-state index contributed by atoms with van der Waals surface area (Å²) in [5.74, 6) is -2.42. The van der Waals surface area contributed by atoms with E-state index in [9.17, 15) is 18.0 Å². The first-order chi connectivity index (χ1) is 11.8. The maximum Gasteiger partial charge on any atom is 0.512 e. The first-order valence-corrected chi connectivity index (χ1v) is 6.63. The monoisotopic (exact) mass is 375 g/mol. The SMILES string of the molecule is O=C(O)Oc1cc(-n2nnnc2C(F)(F)F)nn1-c1ncccc1Cl. The summed E-state index contributed by atoms with van der Waals surface area (Å²) >= 11 is 5.95. The zero-order chi connectivity index (χ0) is 18.2. The van der Waals surface area contributed by atoms with E-state index >= 15 is 0 Å². The number of carboxylic acid groups (broad SMARTS) is 1. The van der Waals surface area contributed by atoms with Gasteiger partial charge in [0.05, 0.1) is 5.02 Å². The second-order valence-corrected chi connectivity index (χ2v) is 4.75. The highest BCUT2D eigenvalue weighted by Gasteiger charge is 2.39. The molecule has 3 rings (SSSR count). The first kappa shape index (κ1) is 16.6. The third-order valence-corrected chi connectivity index (χ3v) is 3.03. The van der Waals surface area contributed by atoms with Gasteiger partial charge >= 0.3 is 12.3 Å². The summed E-state index contributed by atoms with van der Waals surface area (Å²) in [4.78, 5) is 14.7. The molecule has 0 unspecified atom stereocenters. The zero-order valence-corrected chi connectivity index (χ0v) is 12.5. The fourth-order valence-corrected chi connectivity index (χ4v) is 2.02. The number of aromatic nitrogens is 7. The molecule has 0 saturated heterocycles. The van der Waals surface area contributed by atoms with Gasteiger partial charge in [-0.1, -0.05) is 11.6 Å². The molecule has 0 aliphatic rings. The van der Waals surface area contributed by atoms with E-state index in [-0.39, 0.29) is 15.5 Å². The summed E-state index contributed by atoms with van der Waals surface area (Å²) in [7, 11) is 0. The summed E-state index contributed by atoms with van der Waals surface area (Å²) in [5.41, 5.74) is 0. The van der Waals surface area contributed by atoms with Crippen LogP contribution in [0.5, 0.6) is 5.88 Å². The quantitative estimate of drug-likeness (QED) is 0.690. The number of rotatable bonds is 3. The lowest BCUT2D eigenvalue weighted by molar-refractivity contribution is -0.146. The Hall–Kier alpha value is -3.22. The molecule has 0 amide bonds. The Morgan fingerprint density at radius 2 is 2.08 bits per heavy atom. The van der Waals surface area contributed by atoms with Crippen LogP contribution in [0, 0.1) is 0 Å². The van der Waals surface area contributed by atoms with Crippen molar-refractivity contribution in [3.8, 4) is 17.5 Å². The van der Waals surface area contributed by atoms with Crippen molar-refractivity contribution in [2.45, 2.75) is 6.18 Å². The molecular formula is C11H5ClF3N7O3. The van der Waals surface area contributed by atoms with Crippen LogP contribution in [0.3, 0.4) is 0 Å². The number of carbonyl (C=O) groups is 1. The summed E-state index contributed by atoms with van der Waals surface area (Å²) in [5, 5.41) is 21.7. The molecule has 0 fully saturated rings. The van der Waals surface area contributed by atoms with Gasteiger partial charge in [0.15, 0.2) is 11.6 Å². The van der Waals surface area contributed by atoms with Crippen molar-refractivity contribution >= 4 is 17.8 Å². The Kier molecular flexibility index (Phi) is 4.00. The second-order valence-electron chi connectivity index (χ2n) is 4.34. The normalized spacial score (nSPS) is 11.5. The molecule has 0 aromatic carbocycles. The summed E-state index contributed by atoms with van der Waals surface area (Å²) < 4.78 is 44.4. The van der Waals surface area contributed by atoms with Crippen LogP contribution in [0.2, 0.25) is 5.02 Å². The molecule has 0 atom stereocenters. The fraction of sp³-hybridized carbons (Fsp3) is 0.0909. The molecular weight excluding hydrogens is 371 g/mol. The van der Waals surface area contributed by atoms with Gasteiger partial charge in [-0.05, 0) is 22.6 Å². The molecule has 10 nitrogen and oxygen atoms in total. The molecule has 3 aromatic heterocycles. The third kappa shape index (κ3) is 3.21. The van der Waals surface area contributed by atoms with Crippen molar-refractivity contribution in [3.05, 3.63) is 35.2 Å². The van der Waals surface area contributed by atoms with Crippen LogP contribution in [-0.4, -0.2) is 46.2 Å². The number of pyridine rings is 1. The standard InChI is InChI=1S/C11H5ClF3N7O3/c12-5-2-1-3-16-8(5)22-7(25-10(23)24)4-6(18-22)21-9(11(13,14)15)17-19-20-21/h1-4H,(H,23,24). The maximum absolute atomic E-state index is 12.9. The van der Waals surface area contributed by atoms with Crippen molar-refractivity contribution in [2.75, 3.05) is 0 Å². The van der Waals surface area contributed by atoms with Crippen LogP contribution in [0.4, 0.5) is 18.0 Å². The van der Waals surface area contributed by atoms with Gasteiger partial charge in [0.2, 0.25) is 5.88 Å². The van der Waals surface area contributed by atoms with Crippen LogP contribution in [0.1, 0.15) is 5.82 Å². The number of tetrazole rings is 1. The highest BCUT2D eigenvalue weighted by atomic mass is 35.5. The highest BCUT2D eigenvalue weighted by molar-refractivity contribution is 6.32. The molecule has 25 heavy (non-hydrogen) atoms. The van der Waals surface area contributed by atoms with Gasteiger partial charge in [0.25, 0.3) is 5.82 Å². The number of alkyl halides is 3. The number of nitrogens with zero attached hydrogens (tertiary/aromatic N) is 7. The largest absolute Gasteiger partial charge is 0.512 e. The van der Waals surface area contributed by atoms with Gasteiger partial charge < -0.3 is 9.84 Å². The molecule has 0 aliphatic heterocycles. The summed E-state index contributed by atoms with van der Waals surface area (Å²) in [6.45, 7) is 0. The molecule has 0 spiro atoms. The van der Waals surface area contributed by atoms with Gasteiger partial charge in [-0.2, -0.15) is 22.5 Å². The lowest BCUT2D eigenvalue weighted by Crippen LogP contribution is -2.15. The molecule has 0 radical (unpaired) electrons. The molecule has 14 heteroatoms. The number of halogens is 4. The van der Waals surface area contributed by atoms with Crippen LogP contribution in [-0.2, 0) is 6.18 Å². The van der Waals surface area contributed by atoms with Crippen molar-refractivity contribution < 1.29 is 27.8 Å². The summed E-state index contributed by atoms with van der Waals surface area (Å²) in [6.07, 6.45) is -5.25. The molecule has 0 saturated carbocycles. The van der Waals surface area contributed by atoms with E-state index in [0.717, 1.165) is 10.7 Å². The van der Waals surface area contributed by atoms with Crippen LogP contribution >= 0.6 is 11.6 Å². The average molecular weight is 376 g/mol. The van der Waals surface area contributed by atoms with Gasteiger partial charge in [-0.3, -0.25) is 0 Å². The lowest BCUT2D eigenvalue weighted by Gasteiger charge is -2.06. The van der Waals surface area contributed by atoms with Gasteiger partial charge in [-0.15, -0.1) is 10.2 Å². The van der Waals surface area contributed by atoms with Crippen molar-refractivity contribution in [1.82, 2.24) is 35.0 Å². The predicted octanol–water partition coefficient (Wildman–Crippen LogP) is 1.97. The smallest absolute Gasteiger partial charge is 0.449 e. The van der Waals surface area contributed by atoms with Crippen LogP contribution < -0.4 is 4.74 Å². The molecule has 0 bridgehead atoms. The number of ether oxygens (including phenoxy) is 1. The Morgan fingerprint density at radius 1 is 1.32 bits per heavy atom. The van der Waals surface area contributed by atoms with Crippen LogP contribution in [0.15, 0.2) is 24.4 Å². The lowest BCUT2D eigenvalue weighted by atomic mass is 10.4. The minimum atomic E-state index is -4.86. The second kappa shape index (κ2) is 6.01. The Bertz CT molecular complexity index is 939. The zero-order valence-electron chi connectivity index (χ0n) is 11.7. The first-order valence-electron chi connectivity index (χ1n) is 6.25. The number of hydrogen-bond acceptors (Lipinski definition) is 7. The third-order valence-electron chi connectivity index (χ3n) is 2.74. The molecule has 0 aliphatic carbocycles. The van der Waals surface area contributed by atoms with E-state index in [4.69, 9.17) is 16.7 Å². The van der Waals surface area contributed by atoms with E-state index in [0.29, 0.717) is 0 Å². The van der Waals surface area contributed by atoms with E-state index in [2.05, 4.69) is 30.3 Å². The molecule has 3 aromatic rings.